The van der Waals surface area contributed by atoms with Crippen LogP contribution in [0.15, 0.2) is 12.1 Å². The smallest absolute Gasteiger partial charge is 0.162 e. The average molecular weight is 296 g/mol. The molecule has 0 saturated heterocycles. The van der Waals surface area contributed by atoms with Gasteiger partial charge in [0.05, 0.1) is 13.2 Å². The number of rotatable bonds is 2. The van der Waals surface area contributed by atoms with E-state index in [0.29, 0.717) is 30.1 Å². The number of ether oxygens (including phenoxy) is 2. The minimum absolute atomic E-state index is 0.0165. The predicted octanol–water partition coefficient (Wildman–Crippen LogP) is 3.94. The van der Waals surface area contributed by atoms with Crippen LogP contribution >= 0.6 is 11.6 Å². The summed E-state index contributed by atoms with van der Waals surface area (Å²) in [6.45, 7) is 3.64. The van der Waals surface area contributed by atoms with E-state index >= 15 is 0 Å². The SMILES string of the molecule is CC1CCCC1C(N)c1cc2c(cc1Cl)OCCCO2. The fourth-order valence-corrected chi connectivity index (χ4v) is 3.67. The highest BCUT2D eigenvalue weighted by atomic mass is 35.5. The molecule has 1 aliphatic heterocycles. The van der Waals surface area contributed by atoms with Crippen molar-refractivity contribution in [3.8, 4) is 11.5 Å². The van der Waals surface area contributed by atoms with Crippen LogP contribution in [0.5, 0.6) is 11.5 Å². The third kappa shape index (κ3) is 2.61. The van der Waals surface area contributed by atoms with Crippen molar-refractivity contribution in [2.45, 2.75) is 38.6 Å². The Hall–Kier alpha value is -0.930. The van der Waals surface area contributed by atoms with Crippen LogP contribution in [-0.4, -0.2) is 13.2 Å². The van der Waals surface area contributed by atoms with E-state index in [4.69, 9.17) is 26.8 Å². The average Bonchev–Trinajstić information content (AvgIpc) is 2.72. The summed E-state index contributed by atoms with van der Waals surface area (Å²) < 4.78 is 11.4. The summed E-state index contributed by atoms with van der Waals surface area (Å²) in [7, 11) is 0. The van der Waals surface area contributed by atoms with Crippen LogP contribution in [0, 0.1) is 11.8 Å². The van der Waals surface area contributed by atoms with Gasteiger partial charge in [0.25, 0.3) is 0 Å². The molecule has 0 aromatic heterocycles. The summed E-state index contributed by atoms with van der Waals surface area (Å²) in [6.07, 6.45) is 4.61. The molecule has 110 valence electrons. The number of halogens is 1. The number of nitrogens with two attached hydrogens (primary N) is 1. The first kappa shape index (κ1) is 14.0. The third-order valence-corrected chi connectivity index (χ3v) is 4.94. The van der Waals surface area contributed by atoms with Gasteiger partial charge >= 0.3 is 0 Å². The second-order valence-electron chi connectivity index (χ2n) is 5.97. The second kappa shape index (κ2) is 5.82. The van der Waals surface area contributed by atoms with Gasteiger partial charge in [-0.1, -0.05) is 31.4 Å². The van der Waals surface area contributed by atoms with E-state index in [1.165, 1.54) is 19.3 Å². The topological polar surface area (TPSA) is 44.5 Å². The first-order valence-electron chi connectivity index (χ1n) is 7.51. The van der Waals surface area contributed by atoms with E-state index in [9.17, 15) is 0 Å². The molecule has 1 aromatic carbocycles. The molecule has 1 saturated carbocycles. The summed E-state index contributed by atoms with van der Waals surface area (Å²) in [4.78, 5) is 0. The standard InChI is InChI=1S/C16H22ClNO2/c1-10-4-2-5-11(10)16(18)12-8-14-15(9-13(12)17)20-7-3-6-19-14/h8-11,16H,2-7,18H2,1H3. The maximum Gasteiger partial charge on any atom is 0.162 e. The Morgan fingerprint density at radius 3 is 2.50 bits per heavy atom. The first-order chi connectivity index (χ1) is 9.66. The molecule has 20 heavy (non-hydrogen) atoms. The van der Waals surface area contributed by atoms with E-state index in [1.54, 1.807) is 0 Å². The Balaban J connectivity index is 1.91. The zero-order valence-electron chi connectivity index (χ0n) is 11.9. The number of hydrogen-bond acceptors (Lipinski definition) is 3. The fraction of sp³-hybridized carbons (Fsp3) is 0.625. The molecular weight excluding hydrogens is 274 g/mol. The lowest BCUT2D eigenvalue weighted by Gasteiger charge is -2.25. The summed E-state index contributed by atoms with van der Waals surface area (Å²) in [5, 5.41) is 0.695. The van der Waals surface area contributed by atoms with E-state index in [-0.39, 0.29) is 6.04 Å². The van der Waals surface area contributed by atoms with Crippen LogP contribution in [0.25, 0.3) is 0 Å². The molecule has 0 radical (unpaired) electrons. The molecule has 3 unspecified atom stereocenters. The molecule has 3 nitrogen and oxygen atoms in total. The minimum Gasteiger partial charge on any atom is -0.490 e. The van der Waals surface area contributed by atoms with Gasteiger partial charge in [-0.25, -0.2) is 0 Å². The fourth-order valence-electron chi connectivity index (χ4n) is 3.39. The van der Waals surface area contributed by atoms with Crippen molar-refractivity contribution < 1.29 is 9.47 Å². The summed E-state index contributed by atoms with van der Waals surface area (Å²) in [5.74, 6) is 2.69. The van der Waals surface area contributed by atoms with E-state index in [2.05, 4.69) is 6.92 Å². The van der Waals surface area contributed by atoms with Gasteiger partial charge < -0.3 is 15.2 Å². The molecular formula is C16H22ClNO2. The van der Waals surface area contributed by atoms with Crippen molar-refractivity contribution >= 4 is 11.6 Å². The molecule has 3 rings (SSSR count). The van der Waals surface area contributed by atoms with Crippen molar-refractivity contribution in [3.63, 3.8) is 0 Å². The zero-order valence-corrected chi connectivity index (χ0v) is 12.7. The predicted molar refractivity (Wildman–Crippen MR) is 80.5 cm³/mol. The first-order valence-corrected chi connectivity index (χ1v) is 7.89. The highest BCUT2D eigenvalue weighted by Gasteiger charge is 2.31. The largest absolute Gasteiger partial charge is 0.490 e. The number of fused-ring (bicyclic) bond motifs is 1. The summed E-state index contributed by atoms with van der Waals surface area (Å²) >= 11 is 6.42. The molecule has 1 heterocycles. The lowest BCUT2D eigenvalue weighted by atomic mass is 9.86. The van der Waals surface area contributed by atoms with E-state index < -0.39 is 0 Å². The van der Waals surface area contributed by atoms with E-state index in [1.807, 2.05) is 12.1 Å². The van der Waals surface area contributed by atoms with Crippen LogP contribution in [0.4, 0.5) is 0 Å². The van der Waals surface area contributed by atoms with Crippen molar-refractivity contribution in [1.29, 1.82) is 0 Å². The second-order valence-corrected chi connectivity index (χ2v) is 6.38. The van der Waals surface area contributed by atoms with Crippen molar-refractivity contribution in [3.05, 3.63) is 22.7 Å². The maximum absolute atomic E-state index is 6.48. The van der Waals surface area contributed by atoms with Gasteiger partial charge in [-0.3, -0.25) is 0 Å². The van der Waals surface area contributed by atoms with Gasteiger partial charge in [-0.05, 0) is 29.9 Å². The molecule has 4 heteroatoms. The Morgan fingerprint density at radius 1 is 1.15 bits per heavy atom. The van der Waals surface area contributed by atoms with E-state index in [0.717, 1.165) is 23.5 Å². The normalized spacial score (nSPS) is 27.1. The Kier molecular flexibility index (Phi) is 4.08. The number of benzene rings is 1. The molecule has 1 fully saturated rings. The molecule has 2 aliphatic rings. The lowest BCUT2D eigenvalue weighted by molar-refractivity contribution is 0.296. The highest BCUT2D eigenvalue weighted by Crippen LogP contribution is 2.43. The zero-order chi connectivity index (χ0) is 14.1. The maximum atomic E-state index is 6.48. The van der Waals surface area contributed by atoms with Gasteiger partial charge in [0.2, 0.25) is 0 Å². The summed E-state index contributed by atoms with van der Waals surface area (Å²) in [5.41, 5.74) is 7.48. The van der Waals surface area contributed by atoms with Gasteiger partial charge in [-0.15, -0.1) is 0 Å². The molecule has 0 amide bonds. The van der Waals surface area contributed by atoms with Crippen molar-refractivity contribution in [1.82, 2.24) is 0 Å². The van der Waals surface area contributed by atoms with Crippen LogP contribution in [0.3, 0.4) is 0 Å². The Morgan fingerprint density at radius 2 is 1.85 bits per heavy atom. The third-order valence-electron chi connectivity index (χ3n) is 4.62. The van der Waals surface area contributed by atoms with Gasteiger partial charge in [-0.2, -0.15) is 0 Å². The molecule has 2 N–H and O–H groups in total. The molecule has 3 atom stereocenters. The molecule has 1 aliphatic carbocycles. The quantitative estimate of drug-likeness (QED) is 0.899. The minimum atomic E-state index is -0.0165. The Bertz CT molecular complexity index is 492. The molecule has 0 bridgehead atoms. The monoisotopic (exact) mass is 295 g/mol. The van der Waals surface area contributed by atoms with Crippen LogP contribution < -0.4 is 15.2 Å². The van der Waals surface area contributed by atoms with Gasteiger partial charge in [0.1, 0.15) is 0 Å². The lowest BCUT2D eigenvalue weighted by Crippen LogP contribution is -2.23. The molecule has 0 spiro atoms. The summed E-state index contributed by atoms with van der Waals surface area (Å²) in [6, 6.07) is 3.83. The van der Waals surface area contributed by atoms with Crippen molar-refractivity contribution in [2.24, 2.45) is 17.6 Å². The van der Waals surface area contributed by atoms with Crippen molar-refractivity contribution in [2.75, 3.05) is 13.2 Å². The molecule has 1 aromatic rings. The van der Waals surface area contributed by atoms with Gasteiger partial charge in [0, 0.05) is 23.6 Å². The van der Waals surface area contributed by atoms with Crippen LogP contribution in [0.1, 0.15) is 44.2 Å². The number of hydrogen-bond donors (Lipinski definition) is 1. The highest BCUT2D eigenvalue weighted by molar-refractivity contribution is 6.31. The Labute approximate surface area is 125 Å². The van der Waals surface area contributed by atoms with Gasteiger partial charge in [0.15, 0.2) is 11.5 Å². The van der Waals surface area contributed by atoms with Crippen LogP contribution in [0.2, 0.25) is 5.02 Å². The van der Waals surface area contributed by atoms with Crippen LogP contribution in [-0.2, 0) is 0 Å².